The van der Waals surface area contributed by atoms with E-state index in [9.17, 15) is 24.9 Å². The smallest absolute Gasteiger partial charge is 0.343 e. The Hall–Kier alpha value is -3.22. The van der Waals surface area contributed by atoms with E-state index in [1.165, 1.54) is 6.07 Å². The van der Waals surface area contributed by atoms with Crippen LogP contribution in [0.4, 0.5) is 0 Å². The van der Waals surface area contributed by atoms with E-state index in [4.69, 9.17) is 9.52 Å². The van der Waals surface area contributed by atoms with Crippen molar-refractivity contribution < 1.29 is 29.6 Å². The number of carboxylic acid groups (broad SMARTS) is 1. The van der Waals surface area contributed by atoms with Gasteiger partial charge in [0.05, 0.1) is 5.39 Å². The predicted octanol–water partition coefficient (Wildman–Crippen LogP) is 1.76. The van der Waals surface area contributed by atoms with E-state index in [-0.39, 0.29) is 27.7 Å². The van der Waals surface area contributed by atoms with Gasteiger partial charge in [-0.3, -0.25) is 4.79 Å². The maximum absolute atomic E-state index is 12.3. The van der Waals surface area contributed by atoms with Crippen molar-refractivity contribution in [1.82, 2.24) is 0 Å². The van der Waals surface area contributed by atoms with Crippen LogP contribution in [0.1, 0.15) is 10.4 Å². The maximum atomic E-state index is 12.3. The minimum Gasteiger partial charge on any atom is -0.508 e. The number of benzene rings is 2. The molecule has 0 spiro atoms. The predicted molar refractivity (Wildman–Crippen MR) is 71.9 cm³/mol. The molecule has 1 aromatic heterocycles. The van der Waals surface area contributed by atoms with Gasteiger partial charge in [-0.25, -0.2) is 4.79 Å². The monoisotopic (exact) mass is 288 g/mol. The minimum absolute atomic E-state index is 0.0984. The van der Waals surface area contributed by atoms with Crippen molar-refractivity contribution in [2.75, 3.05) is 0 Å². The van der Waals surface area contributed by atoms with E-state index in [1.54, 1.807) is 0 Å². The third kappa shape index (κ3) is 1.75. The fourth-order valence-corrected chi connectivity index (χ4v) is 2.20. The van der Waals surface area contributed by atoms with Crippen LogP contribution in [-0.2, 0) is 0 Å². The van der Waals surface area contributed by atoms with Gasteiger partial charge < -0.3 is 24.8 Å². The number of aromatic carboxylic acids is 1. The first-order chi connectivity index (χ1) is 9.90. The van der Waals surface area contributed by atoms with E-state index in [0.717, 1.165) is 18.2 Å². The highest BCUT2D eigenvalue weighted by Gasteiger charge is 2.21. The average Bonchev–Trinajstić information content (AvgIpc) is 2.36. The van der Waals surface area contributed by atoms with E-state index >= 15 is 0 Å². The fourth-order valence-electron chi connectivity index (χ4n) is 2.20. The molecule has 3 aromatic rings. The number of fused-ring (bicyclic) bond motifs is 2. The number of hydrogen-bond acceptors (Lipinski definition) is 6. The Balaban J connectivity index is 2.63. The Kier molecular flexibility index (Phi) is 2.52. The summed E-state index contributed by atoms with van der Waals surface area (Å²) in [5, 5.41) is 37.6. The van der Waals surface area contributed by atoms with Crippen molar-refractivity contribution >= 4 is 27.9 Å². The van der Waals surface area contributed by atoms with Crippen LogP contribution in [0.2, 0.25) is 0 Å². The van der Waals surface area contributed by atoms with Crippen LogP contribution in [0.15, 0.2) is 33.5 Å². The van der Waals surface area contributed by atoms with Gasteiger partial charge in [-0.15, -0.1) is 0 Å². The number of rotatable bonds is 1. The fraction of sp³-hybridized carbons (Fsp3) is 0. The molecule has 0 saturated carbocycles. The molecular weight excluding hydrogens is 280 g/mol. The highest BCUT2D eigenvalue weighted by molar-refractivity contribution is 6.06. The maximum Gasteiger partial charge on any atom is 0.343 e. The van der Waals surface area contributed by atoms with E-state index in [0.29, 0.717) is 0 Å². The third-order valence-electron chi connectivity index (χ3n) is 3.10. The minimum atomic E-state index is -1.47. The van der Waals surface area contributed by atoms with Crippen molar-refractivity contribution in [2.45, 2.75) is 0 Å². The molecule has 4 N–H and O–H groups in total. The van der Waals surface area contributed by atoms with Crippen LogP contribution in [0.3, 0.4) is 0 Å². The molecule has 0 unspecified atom stereocenters. The molecule has 21 heavy (non-hydrogen) atoms. The lowest BCUT2D eigenvalue weighted by Crippen LogP contribution is -2.06. The molecular formula is C14H8O7. The quantitative estimate of drug-likeness (QED) is 0.502. The summed E-state index contributed by atoms with van der Waals surface area (Å²) in [4.78, 5) is 23.5. The molecule has 3 rings (SSSR count). The number of phenolic OH excluding ortho intramolecular Hbond substituents is 2. The van der Waals surface area contributed by atoms with Crippen molar-refractivity contribution in [3.63, 3.8) is 0 Å². The Bertz CT molecular complexity index is 969. The van der Waals surface area contributed by atoms with E-state index in [2.05, 4.69) is 0 Å². The second-order valence-corrected chi connectivity index (χ2v) is 4.41. The molecule has 0 radical (unpaired) electrons. The molecule has 7 nitrogen and oxygen atoms in total. The average molecular weight is 288 g/mol. The zero-order valence-corrected chi connectivity index (χ0v) is 10.3. The van der Waals surface area contributed by atoms with Crippen molar-refractivity contribution in [3.8, 4) is 17.2 Å². The molecule has 1 heterocycles. The zero-order valence-electron chi connectivity index (χ0n) is 10.3. The second kappa shape index (κ2) is 4.14. The highest BCUT2D eigenvalue weighted by atomic mass is 16.4. The molecule has 0 amide bonds. The first kappa shape index (κ1) is 12.8. The summed E-state index contributed by atoms with van der Waals surface area (Å²) in [5.41, 5.74) is -1.73. The standard InChI is InChI=1S/C14H8O7/c15-5-3-8(17)10-9(4-5)21-13-6(12(10)18)1-2-7(16)11(13)14(19)20/h1-4,15-17H,(H,19,20). The number of hydrogen-bond donors (Lipinski definition) is 4. The van der Waals surface area contributed by atoms with Gasteiger partial charge >= 0.3 is 5.97 Å². The lowest BCUT2D eigenvalue weighted by Gasteiger charge is -2.07. The van der Waals surface area contributed by atoms with Crippen molar-refractivity contribution in [2.24, 2.45) is 0 Å². The Morgan fingerprint density at radius 3 is 2.43 bits per heavy atom. The molecule has 0 atom stereocenters. The Morgan fingerprint density at radius 1 is 1.05 bits per heavy atom. The molecule has 0 aliphatic rings. The van der Waals surface area contributed by atoms with Gasteiger partial charge in [-0.05, 0) is 12.1 Å². The van der Waals surface area contributed by atoms with Crippen LogP contribution in [0, 0.1) is 0 Å². The summed E-state index contributed by atoms with van der Waals surface area (Å²) in [6.07, 6.45) is 0. The number of phenols is 3. The summed E-state index contributed by atoms with van der Waals surface area (Å²) in [7, 11) is 0. The molecule has 7 heteroatoms. The van der Waals surface area contributed by atoms with Gasteiger partial charge in [0.2, 0.25) is 5.43 Å². The first-order valence-electron chi connectivity index (χ1n) is 5.78. The molecule has 0 aliphatic heterocycles. The van der Waals surface area contributed by atoms with Crippen LogP contribution < -0.4 is 5.43 Å². The Labute approximate surface area is 115 Å². The SMILES string of the molecule is O=C(O)c1c(O)ccc2c(=O)c3c(O)cc(O)cc3oc12. The molecule has 0 aliphatic carbocycles. The highest BCUT2D eigenvalue weighted by Crippen LogP contribution is 2.33. The van der Waals surface area contributed by atoms with Gasteiger partial charge in [0.1, 0.15) is 33.8 Å². The van der Waals surface area contributed by atoms with E-state index in [1.807, 2.05) is 0 Å². The first-order valence-corrected chi connectivity index (χ1v) is 5.78. The molecule has 0 fully saturated rings. The van der Waals surface area contributed by atoms with Crippen molar-refractivity contribution in [3.05, 3.63) is 40.1 Å². The largest absolute Gasteiger partial charge is 0.508 e. The summed E-state index contributed by atoms with van der Waals surface area (Å²) >= 11 is 0. The Morgan fingerprint density at radius 2 is 1.76 bits per heavy atom. The zero-order chi connectivity index (χ0) is 15.3. The number of carboxylic acids is 1. The lowest BCUT2D eigenvalue weighted by atomic mass is 10.1. The molecule has 2 aromatic carbocycles. The van der Waals surface area contributed by atoms with Gasteiger partial charge in [-0.2, -0.15) is 0 Å². The van der Waals surface area contributed by atoms with E-state index < -0.39 is 28.5 Å². The van der Waals surface area contributed by atoms with Crippen LogP contribution in [-0.4, -0.2) is 26.4 Å². The summed E-state index contributed by atoms with van der Waals surface area (Å²) in [5.74, 6) is -2.85. The van der Waals surface area contributed by atoms with Gasteiger partial charge in [0.25, 0.3) is 0 Å². The van der Waals surface area contributed by atoms with Crippen LogP contribution in [0.5, 0.6) is 17.2 Å². The van der Waals surface area contributed by atoms with Gasteiger partial charge in [-0.1, -0.05) is 0 Å². The summed E-state index contributed by atoms with van der Waals surface area (Å²) < 4.78 is 5.30. The lowest BCUT2D eigenvalue weighted by molar-refractivity contribution is 0.0695. The topological polar surface area (TPSA) is 128 Å². The molecule has 106 valence electrons. The summed E-state index contributed by atoms with van der Waals surface area (Å²) in [6.45, 7) is 0. The number of aromatic hydroxyl groups is 3. The van der Waals surface area contributed by atoms with Crippen LogP contribution in [0.25, 0.3) is 21.9 Å². The molecule has 0 bridgehead atoms. The second-order valence-electron chi connectivity index (χ2n) is 4.41. The third-order valence-corrected chi connectivity index (χ3v) is 3.10. The van der Waals surface area contributed by atoms with Crippen molar-refractivity contribution in [1.29, 1.82) is 0 Å². The normalized spacial score (nSPS) is 11.0. The van der Waals surface area contributed by atoms with Crippen LogP contribution >= 0.6 is 0 Å². The molecule has 0 saturated heterocycles. The van der Waals surface area contributed by atoms with Gasteiger partial charge in [0.15, 0.2) is 5.58 Å². The van der Waals surface area contributed by atoms with Gasteiger partial charge in [0, 0.05) is 12.1 Å². The summed E-state index contributed by atoms with van der Waals surface area (Å²) in [6, 6.07) is 4.32. The number of carbonyl (C=O) groups is 1.